The summed E-state index contributed by atoms with van der Waals surface area (Å²) in [5, 5.41) is 4.34. The van der Waals surface area contributed by atoms with Gasteiger partial charge in [-0.05, 0) is 6.07 Å². The molecule has 5 nitrogen and oxygen atoms in total. The van der Waals surface area contributed by atoms with Gasteiger partial charge >= 0.3 is 0 Å². The van der Waals surface area contributed by atoms with E-state index in [9.17, 15) is 0 Å². The van der Waals surface area contributed by atoms with Gasteiger partial charge in [0.15, 0.2) is 0 Å². The predicted octanol–water partition coefficient (Wildman–Crippen LogP) is 0.679. The molecule has 17 heavy (non-hydrogen) atoms. The van der Waals surface area contributed by atoms with Crippen LogP contribution in [0.4, 0.5) is 5.82 Å². The first-order valence-corrected chi connectivity index (χ1v) is 6.56. The first-order valence-electron chi connectivity index (χ1n) is 5.75. The number of nitrogen functional groups attached to an aromatic ring is 1. The number of rotatable bonds is 2. The Labute approximate surface area is 104 Å². The molecule has 0 unspecified atom stereocenters. The van der Waals surface area contributed by atoms with E-state index in [1.807, 2.05) is 0 Å². The highest BCUT2D eigenvalue weighted by molar-refractivity contribution is 7.18. The number of fused-ring (bicyclic) bond motifs is 1. The van der Waals surface area contributed by atoms with Crippen molar-refractivity contribution in [3.8, 4) is 0 Å². The highest BCUT2D eigenvalue weighted by Crippen LogP contribution is 2.27. The molecule has 0 radical (unpaired) electrons. The Morgan fingerprint density at radius 1 is 1.35 bits per heavy atom. The van der Waals surface area contributed by atoms with Gasteiger partial charge in [-0.2, -0.15) is 0 Å². The molecule has 0 spiro atoms. The SMILES string of the molecule is Nc1ncnc2sc(CN3CCNCC3)cc12. The number of nitrogens with one attached hydrogen (secondary N) is 1. The van der Waals surface area contributed by atoms with E-state index >= 15 is 0 Å². The van der Waals surface area contributed by atoms with Gasteiger partial charge in [0.05, 0.1) is 5.39 Å². The standard InChI is InChI=1S/C11H15N5S/c12-10-9-5-8(17-11(9)15-7-14-10)6-16-3-1-13-2-4-16/h5,7,13H,1-4,6H2,(H2,12,14,15). The molecular formula is C11H15N5S. The van der Waals surface area contributed by atoms with Gasteiger partial charge in [0, 0.05) is 37.6 Å². The molecule has 0 saturated carbocycles. The van der Waals surface area contributed by atoms with E-state index < -0.39 is 0 Å². The molecule has 2 aromatic heterocycles. The summed E-state index contributed by atoms with van der Waals surface area (Å²) in [4.78, 5) is 13.0. The van der Waals surface area contributed by atoms with Crippen LogP contribution < -0.4 is 11.1 Å². The van der Waals surface area contributed by atoms with E-state index in [0.717, 1.165) is 42.9 Å². The third-order valence-corrected chi connectivity index (χ3v) is 4.03. The van der Waals surface area contributed by atoms with Crippen LogP contribution in [0.25, 0.3) is 10.2 Å². The average Bonchev–Trinajstić information content (AvgIpc) is 2.74. The largest absolute Gasteiger partial charge is 0.383 e. The number of hydrogen-bond donors (Lipinski definition) is 2. The molecule has 3 heterocycles. The molecule has 0 atom stereocenters. The first kappa shape index (κ1) is 10.9. The molecule has 0 aromatic carbocycles. The summed E-state index contributed by atoms with van der Waals surface area (Å²) in [5.41, 5.74) is 5.83. The predicted molar refractivity (Wildman–Crippen MR) is 70.0 cm³/mol. The summed E-state index contributed by atoms with van der Waals surface area (Å²) in [6, 6.07) is 2.12. The fourth-order valence-corrected chi connectivity index (χ4v) is 3.14. The Bertz CT molecular complexity index is 518. The summed E-state index contributed by atoms with van der Waals surface area (Å²) in [6.07, 6.45) is 1.53. The lowest BCUT2D eigenvalue weighted by Gasteiger charge is -2.26. The fraction of sp³-hybridized carbons (Fsp3) is 0.455. The Morgan fingerprint density at radius 2 is 2.18 bits per heavy atom. The molecule has 1 aliphatic heterocycles. The number of piperazine rings is 1. The fourth-order valence-electron chi connectivity index (χ4n) is 2.09. The summed E-state index contributed by atoms with van der Waals surface area (Å²) < 4.78 is 0. The van der Waals surface area contributed by atoms with Crippen LogP contribution >= 0.6 is 11.3 Å². The van der Waals surface area contributed by atoms with Gasteiger partial charge in [-0.1, -0.05) is 0 Å². The molecule has 0 amide bonds. The van der Waals surface area contributed by atoms with Crippen LogP contribution in [0.1, 0.15) is 4.88 Å². The van der Waals surface area contributed by atoms with Gasteiger partial charge in [-0.15, -0.1) is 11.3 Å². The number of nitrogens with two attached hydrogens (primary N) is 1. The lowest BCUT2D eigenvalue weighted by Crippen LogP contribution is -2.42. The van der Waals surface area contributed by atoms with Crippen molar-refractivity contribution in [2.75, 3.05) is 31.9 Å². The second-order valence-corrected chi connectivity index (χ2v) is 5.33. The van der Waals surface area contributed by atoms with E-state index in [1.165, 1.54) is 11.2 Å². The van der Waals surface area contributed by atoms with Crippen molar-refractivity contribution in [2.24, 2.45) is 0 Å². The van der Waals surface area contributed by atoms with Crippen LogP contribution in [-0.2, 0) is 6.54 Å². The van der Waals surface area contributed by atoms with Crippen LogP contribution in [0.2, 0.25) is 0 Å². The molecule has 0 aliphatic carbocycles. The Morgan fingerprint density at radius 3 is 2.94 bits per heavy atom. The van der Waals surface area contributed by atoms with Crippen LogP contribution in [0.5, 0.6) is 0 Å². The molecular weight excluding hydrogens is 234 g/mol. The molecule has 1 aliphatic rings. The van der Waals surface area contributed by atoms with Crippen LogP contribution in [0, 0.1) is 0 Å². The minimum Gasteiger partial charge on any atom is -0.383 e. The van der Waals surface area contributed by atoms with Crippen molar-refractivity contribution in [3.63, 3.8) is 0 Å². The van der Waals surface area contributed by atoms with Crippen molar-refractivity contribution < 1.29 is 0 Å². The van der Waals surface area contributed by atoms with Gasteiger partial charge in [0.1, 0.15) is 17.0 Å². The van der Waals surface area contributed by atoms with Crippen LogP contribution in [0.3, 0.4) is 0 Å². The molecule has 6 heteroatoms. The Hall–Kier alpha value is -1.24. The van der Waals surface area contributed by atoms with Crippen molar-refractivity contribution in [1.29, 1.82) is 0 Å². The van der Waals surface area contributed by atoms with Gasteiger partial charge in [-0.25, -0.2) is 9.97 Å². The number of hydrogen-bond acceptors (Lipinski definition) is 6. The van der Waals surface area contributed by atoms with E-state index in [-0.39, 0.29) is 0 Å². The number of anilines is 1. The van der Waals surface area contributed by atoms with Crippen molar-refractivity contribution >= 4 is 27.4 Å². The highest BCUT2D eigenvalue weighted by atomic mass is 32.1. The number of aromatic nitrogens is 2. The summed E-state index contributed by atoms with van der Waals surface area (Å²) >= 11 is 1.71. The minimum atomic E-state index is 0.581. The van der Waals surface area contributed by atoms with Gasteiger partial charge < -0.3 is 11.1 Å². The third kappa shape index (κ3) is 2.24. The van der Waals surface area contributed by atoms with Crippen molar-refractivity contribution in [3.05, 3.63) is 17.3 Å². The summed E-state index contributed by atoms with van der Waals surface area (Å²) in [5.74, 6) is 0.581. The lowest BCUT2D eigenvalue weighted by atomic mass is 10.3. The van der Waals surface area contributed by atoms with Crippen molar-refractivity contribution in [2.45, 2.75) is 6.54 Å². The smallest absolute Gasteiger partial charge is 0.135 e. The summed E-state index contributed by atoms with van der Waals surface area (Å²) in [7, 11) is 0. The molecule has 90 valence electrons. The zero-order valence-electron chi connectivity index (χ0n) is 9.52. The normalized spacial score (nSPS) is 17.6. The van der Waals surface area contributed by atoms with Gasteiger partial charge in [-0.3, -0.25) is 4.90 Å². The van der Waals surface area contributed by atoms with Crippen molar-refractivity contribution in [1.82, 2.24) is 20.2 Å². The average molecular weight is 249 g/mol. The highest BCUT2D eigenvalue weighted by Gasteiger charge is 2.12. The molecule has 0 bridgehead atoms. The first-order chi connectivity index (χ1) is 8.33. The van der Waals surface area contributed by atoms with E-state index in [0.29, 0.717) is 5.82 Å². The Kier molecular flexibility index (Phi) is 2.92. The Balaban J connectivity index is 1.83. The van der Waals surface area contributed by atoms with E-state index in [4.69, 9.17) is 5.73 Å². The lowest BCUT2D eigenvalue weighted by molar-refractivity contribution is 0.235. The quantitative estimate of drug-likeness (QED) is 0.819. The summed E-state index contributed by atoms with van der Waals surface area (Å²) in [6.45, 7) is 5.35. The number of thiophene rings is 1. The van der Waals surface area contributed by atoms with Gasteiger partial charge in [0.2, 0.25) is 0 Å². The maximum atomic E-state index is 5.83. The molecule has 3 rings (SSSR count). The zero-order valence-corrected chi connectivity index (χ0v) is 10.3. The van der Waals surface area contributed by atoms with E-state index in [2.05, 4.69) is 26.3 Å². The third-order valence-electron chi connectivity index (χ3n) is 3.00. The maximum absolute atomic E-state index is 5.83. The van der Waals surface area contributed by atoms with E-state index in [1.54, 1.807) is 11.3 Å². The monoisotopic (exact) mass is 249 g/mol. The topological polar surface area (TPSA) is 67.1 Å². The second-order valence-electron chi connectivity index (χ2n) is 4.22. The van der Waals surface area contributed by atoms with Gasteiger partial charge in [0.25, 0.3) is 0 Å². The zero-order chi connectivity index (χ0) is 11.7. The minimum absolute atomic E-state index is 0.581. The second kappa shape index (κ2) is 4.56. The molecule has 2 aromatic rings. The molecule has 1 fully saturated rings. The molecule has 1 saturated heterocycles. The van der Waals surface area contributed by atoms with Crippen LogP contribution in [0.15, 0.2) is 12.4 Å². The maximum Gasteiger partial charge on any atom is 0.135 e. The van der Waals surface area contributed by atoms with Crippen LogP contribution in [-0.4, -0.2) is 41.0 Å². The number of nitrogens with zero attached hydrogens (tertiary/aromatic N) is 3. The molecule has 3 N–H and O–H groups in total.